The summed E-state index contributed by atoms with van der Waals surface area (Å²) in [4.78, 5) is 10.1. The van der Waals surface area contributed by atoms with Crippen LogP contribution in [0, 0.1) is 22.2 Å². The van der Waals surface area contributed by atoms with E-state index in [4.69, 9.17) is 4.74 Å². The molecule has 0 unspecified atom stereocenters. The van der Waals surface area contributed by atoms with E-state index < -0.39 is 4.92 Å². The van der Waals surface area contributed by atoms with Gasteiger partial charge in [0.15, 0.2) is 11.4 Å². The molecule has 2 heterocycles. The Morgan fingerprint density at radius 2 is 2.18 bits per heavy atom. The smallest absolute Gasteiger partial charge is 0.322 e. The molecule has 17 heavy (non-hydrogen) atoms. The van der Waals surface area contributed by atoms with Gasteiger partial charge in [0.2, 0.25) is 6.20 Å². The fourth-order valence-electron chi connectivity index (χ4n) is 1.20. The molecule has 0 saturated heterocycles. The van der Waals surface area contributed by atoms with Crippen molar-refractivity contribution in [2.75, 3.05) is 0 Å². The molecule has 6 nitrogen and oxygen atoms in total. The van der Waals surface area contributed by atoms with E-state index in [2.05, 4.69) is 0 Å². The number of rotatable bonds is 3. The first-order chi connectivity index (χ1) is 8.08. The van der Waals surface area contributed by atoms with E-state index in [9.17, 15) is 15.3 Å². The number of pyridine rings is 1. The Morgan fingerprint density at radius 3 is 2.82 bits per heavy atom. The molecule has 0 aliphatic heterocycles. The lowest BCUT2D eigenvalue weighted by Gasteiger charge is -2.04. The molecule has 0 spiro atoms. The summed E-state index contributed by atoms with van der Waals surface area (Å²) in [5, 5.41) is 23.7. The molecule has 0 aromatic carbocycles. The van der Waals surface area contributed by atoms with E-state index in [1.807, 2.05) is 0 Å². The summed E-state index contributed by atoms with van der Waals surface area (Å²) in [5.74, 6) is 0.274. The Labute approximate surface area is 100 Å². The van der Waals surface area contributed by atoms with Crippen LogP contribution in [-0.2, 0) is 0 Å². The average Bonchev–Trinajstić information content (AvgIpc) is 2.72. The molecule has 0 amide bonds. The molecule has 7 heteroatoms. The van der Waals surface area contributed by atoms with Crippen LogP contribution in [0.15, 0.2) is 29.8 Å². The Kier molecular flexibility index (Phi) is 2.92. The number of hydrogen-bond acceptors (Lipinski definition) is 5. The van der Waals surface area contributed by atoms with E-state index in [-0.39, 0.29) is 16.5 Å². The van der Waals surface area contributed by atoms with E-state index >= 15 is 0 Å². The van der Waals surface area contributed by atoms with E-state index in [0.717, 1.165) is 11.3 Å². The number of aryl methyl sites for hydroxylation is 1. The Balaban J connectivity index is 2.28. The van der Waals surface area contributed by atoms with Gasteiger partial charge in [-0.05, 0) is 6.07 Å². The Bertz CT molecular complexity index is 567. The van der Waals surface area contributed by atoms with Gasteiger partial charge in [-0.1, -0.05) is 0 Å². The topological polar surface area (TPSA) is 79.3 Å². The van der Waals surface area contributed by atoms with E-state index in [1.165, 1.54) is 12.3 Å². The molecule has 0 fully saturated rings. The van der Waals surface area contributed by atoms with Crippen LogP contribution in [0.25, 0.3) is 0 Å². The summed E-state index contributed by atoms with van der Waals surface area (Å²) in [6.07, 6.45) is 1.23. The minimum absolute atomic E-state index is 0.104. The molecule has 2 rings (SSSR count). The summed E-state index contributed by atoms with van der Waals surface area (Å²) >= 11 is 1.11. The molecule has 0 saturated carbocycles. The molecular weight excluding hydrogens is 244 g/mol. The normalized spacial score (nSPS) is 10.2. The van der Waals surface area contributed by atoms with Gasteiger partial charge in [0.05, 0.1) is 4.92 Å². The van der Waals surface area contributed by atoms with Crippen LogP contribution >= 0.6 is 11.3 Å². The number of hydrogen-bond donors (Lipinski definition) is 0. The van der Waals surface area contributed by atoms with Crippen molar-refractivity contribution in [3.63, 3.8) is 0 Å². The summed E-state index contributed by atoms with van der Waals surface area (Å²) in [6.45, 7) is 1.66. The van der Waals surface area contributed by atoms with E-state index in [0.29, 0.717) is 10.4 Å². The second-order valence-electron chi connectivity index (χ2n) is 3.28. The minimum Gasteiger partial charge on any atom is -0.618 e. The molecule has 0 aliphatic rings. The maximum atomic E-state index is 11.3. The lowest BCUT2D eigenvalue weighted by Crippen LogP contribution is -2.28. The highest BCUT2D eigenvalue weighted by Crippen LogP contribution is 2.36. The van der Waals surface area contributed by atoms with Gasteiger partial charge in [-0.2, -0.15) is 4.73 Å². The van der Waals surface area contributed by atoms with Gasteiger partial charge in [0.25, 0.3) is 5.06 Å². The van der Waals surface area contributed by atoms with Gasteiger partial charge in [-0.25, -0.2) is 0 Å². The number of thiophene rings is 1. The van der Waals surface area contributed by atoms with Crippen molar-refractivity contribution in [3.05, 3.63) is 50.8 Å². The van der Waals surface area contributed by atoms with Crippen LogP contribution < -0.4 is 9.47 Å². The zero-order valence-corrected chi connectivity index (χ0v) is 9.64. The molecular formula is C10H8N2O4S. The van der Waals surface area contributed by atoms with Crippen LogP contribution in [0.1, 0.15) is 5.69 Å². The second-order valence-corrected chi connectivity index (χ2v) is 4.16. The molecule has 0 atom stereocenters. The van der Waals surface area contributed by atoms with Gasteiger partial charge in [0, 0.05) is 24.4 Å². The third-order valence-corrected chi connectivity index (χ3v) is 2.88. The van der Waals surface area contributed by atoms with Crippen molar-refractivity contribution >= 4 is 17.0 Å². The highest BCUT2D eigenvalue weighted by molar-refractivity contribution is 7.12. The highest BCUT2D eigenvalue weighted by atomic mass is 32.1. The van der Waals surface area contributed by atoms with Gasteiger partial charge in [-0.3, -0.25) is 10.1 Å². The third kappa shape index (κ3) is 2.34. The first-order valence-corrected chi connectivity index (χ1v) is 5.55. The van der Waals surface area contributed by atoms with Crippen LogP contribution in [0.5, 0.6) is 10.8 Å². The Hall–Kier alpha value is -2.15. The van der Waals surface area contributed by atoms with Crippen LogP contribution in [-0.4, -0.2) is 4.92 Å². The van der Waals surface area contributed by atoms with Crippen molar-refractivity contribution in [3.8, 4) is 10.8 Å². The molecule has 88 valence electrons. The summed E-state index contributed by atoms with van der Waals surface area (Å²) < 4.78 is 5.95. The van der Waals surface area contributed by atoms with Crippen molar-refractivity contribution in [1.82, 2.24) is 0 Å². The zero-order chi connectivity index (χ0) is 12.4. The molecule has 0 N–H and O–H groups in total. The zero-order valence-electron chi connectivity index (χ0n) is 8.82. The van der Waals surface area contributed by atoms with Crippen molar-refractivity contribution in [2.45, 2.75) is 6.92 Å². The number of nitrogens with zero attached hydrogens (tertiary/aromatic N) is 2. The maximum absolute atomic E-state index is 11.3. The molecule has 0 bridgehead atoms. The summed E-state index contributed by atoms with van der Waals surface area (Å²) in [5.41, 5.74) is 0.422. The summed E-state index contributed by atoms with van der Waals surface area (Å²) in [6, 6.07) is 4.54. The number of ether oxygens (including phenoxy) is 1. The standard InChI is InChI=1S/C10H8N2O4S/c1-7-2-3-8(6-11(7)13)16-10-9(12(14)15)4-5-17-10/h2-6H,1H3. The fraction of sp³-hybridized carbons (Fsp3) is 0.100. The lowest BCUT2D eigenvalue weighted by molar-refractivity contribution is -0.612. The monoisotopic (exact) mass is 252 g/mol. The Morgan fingerprint density at radius 1 is 1.41 bits per heavy atom. The minimum atomic E-state index is -0.523. The van der Waals surface area contributed by atoms with Gasteiger partial charge >= 0.3 is 5.69 Å². The maximum Gasteiger partial charge on any atom is 0.322 e. The van der Waals surface area contributed by atoms with Crippen molar-refractivity contribution in [1.29, 1.82) is 0 Å². The van der Waals surface area contributed by atoms with Crippen molar-refractivity contribution < 1.29 is 14.4 Å². The highest BCUT2D eigenvalue weighted by Gasteiger charge is 2.18. The van der Waals surface area contributed by atoms with Crippen LogP contribution in [0.4, 0.5) is 5.69 Å². The van der Waals surface area contributed by atoms with Gasteiger partial charge < -0.3 is 9.94 Å². The first kappa shape index (κ1) is 11.3. The predicted octanol–water partition coefficient (Wildman–Crippen LogP) is 2.39. The molecule has 0 aliphatic carbocycles. The van der Waals surface area contributed by atoms with E-state index in [1.54, 1.807) is 24.4 Å². The number of aromatic nitrogens is 1. The second kappa shape index (κ2) is 4.38. The first-order valence-electron chi connectivity index (χ1n) is 4.67. The average molecular weight is 252 g/mol. The van der Waals surface area contributed by atoms with Crippen LogP contribution in [0.2, 0.25) is 0 Å². The van der Waals surface area contributed by atoms with Crippen molar-refractivity contribution in [2.24, 2.45) is 0 Å². The predicted molar refractivity (Wildman–Crippen MR) is 61.2 cm³/mol. The summed E-state index contributed by atoms with van der Waals surface area (Å²) in [7, 11) is 0. The fourth-order valence-corrected chi connectivity index (χ4v) is 1.93. The third-order valence-electron chi connectivity index (χ3n) is 2.10. The SMILES string of the molecule is Cc1ccc(Oc2sccc2[N+](=O)[O-])c[n+]1[O-]. The molecule has 2 aromatic heterocycles. The largest absolute Gasteiger partial charge is 0.618 e. The molecule has 0 radical (unpaired) electrons. The van der Waals surface area contributed by atoms with Gasteiger partial charge in [0.1, 0.15) is 0 Å². The lowest BCUT2D eigenvalue weighted by atomic mass is 10.4. The van der Waals surface area contributed by atoms with Gasteiger partial charge in [-0.15, -0.1) is 11.3 Å². The molecule has 2 aromatic rings. The van der Waals surface area contributed by atoms with Crippen LogP contribution in [0.3, 0.4) is 0 Å². The quantitative estimate of drug-likeness (QED) is 0.363. The number of nitro groups is 1.